The number of nitrogens with zero attached hydrogens (tertiary/aromatic N) is 4. The van der Waals surface area contributed by atoms with Crippen molar-refractivity contribution < 1.29 is 14.0 Å². The Balaban J connectivity index is 1.22. The molecule has 0 spiro atoms. The molecule has 9 heteroatoms. The lowest BCUT2D eigenvalue weighted by atomic mass is 10.1. The molecule has 5 rings (SSSR count). The number of furan rings is 1. The van der Waals surface area contributed by atoms with Gasteiger partial charge in [-0.25, -0.2) is 5.01 Å². The highest BCUT2D eigenvalue weighted by Gasteiger charge is 2.35. The van der Waals surface area contributed by atoms with Gasteiger partial charge in [-0.3, -0.25) is 14.5 Å². The number of hydrogen-bond donors (Lipinski definition) is 0. The van der Waals surface area contributed by atoms with Gasteiger partial charge in [0.25, 0.3) is 11.8 Å². The quantitative estimate of drug-likeness (QED) is 0.548. The van der Waals surface area contributed by atoms with E-state index in [2.05, 4.69) is 10.0 Å². The molecule has 2 aromatic heterocycles. The fourth-order valence-electron chi connectivity index (χ4n) is 4.18. The van der Waals surface area contributed by atoms with E-state index in [9.17, 15) is 9.59 Å². The Morgan fingerprint density at radius 3 is 2.52 bits per heavy atom. The van der Waals surface area contributed by atoms with E-state index in [1.54, 1.807) is 46.9 Å². The molecular formula is C24H23ClN4O3S. The minimum absolute atomic E-state index is 0.0114. The molecule has 0 N–H and O–H groups in total. The SMILES string of the molecule is O=C(c1ccc(Cl)cc1)N1CCN(CC(=O)N2N=C(c3ccco3)CC2c2cccs2)CC1. The van der Waals surface area contributed by atoms with Gasteiger partial charge >= 0.3 is 0 Å². The molecule has 3 aromatic rings. The lowest BCUT2D eigenvalue weighted by molar-refractivity contribution is -0.134. The first-order valence-electron chi connectivity index (χ1n) is 10.8. The zero-order valence-electron chi connectivity index (χ0n) is 17.9. The van der Waals surface area contributed by atoms with Crippen molar-refractivity contribution >= 4 is 40.5 Å². The second-order valence-electron chi connectivity index (χ2n) is 8.07. The van der Waals surface area contributed by atoms with Crippen LogP contribution in [0.3, 0.4) is 0 Å². The standard InChI is InChI=1S/C24H23ClN4O3S/c25-18-7-5-17(6-8-18)24(31)28-11-9-27(10-12-28)16-23(30)29-20(22-4-2-14-33-22)15-19(26-29)21-3-1-13-32-21/h1-8,13-14,20H,9-12,15-16H2. The monoisotopic (exact) mass is 482 g/mol. The summed E-state index contributed by atoms with van der Waals surface area (Å²) in [5.41, 5.74) is 1.41. The van der Waals surface area contributed by atoms with Gasteiger partial charge in [0.05, 0.1) is 18.8 Å². The molecule has 0 aliphatic carbocycles. The number of thiophene rings is 1. The van der Waals surface area contributed by atoms with Gasteiger partial charge in [-0.1, -0.05) is 17.7 Å². The first-order chi connectivity index (χ1) is 16.1. The van der Waals surface area contributed by atoms with Crippen LogP contribution in [0.15, 0.2) is 69.7 Å². The molecule has 4 heterocycles. The van der Waals surface area contributed by atoms with Crippen LogP contribution < -0.4 is 0 Å². The summed E-state index contributed by atoms with van der Waals surface area (Å²) in [5.74, 6) is 0.635. The Hall–Kier alpha value is -2.94. The Bertz CT molecular complexity index is 1140. The third-order valence-corrected chi connectivity index (χ3v) is 7.18. The smallest absolute Gasteiger partial charge is 0.257 e. The molecule has 1 fully saturated rings. The number of hydrazone groups is 1. The number of benzene rings is 1. The molecule has 1 saturated heterocycles. The maximum atomic E-state index is 13.3. The van der Waals surface area contributed by atoms with Crippen molar-refractivity contribution in [3.63, 3.8) is 0 Å². The van der Waals surface area contributed by atoms with Crippen LogP contribution in [0.25, 0.3) is 0 Å². The van der Waals surface area contributed by atoms with Crippen LogP contribution in [0.5, 0.6) is 0 Å². The van der Waals surface area contributed by atoms with Crippen molar-refractivity contribution in [2.24, 2.45) is 5.10 Å². The minimum Gasteiger partial charge on any atom is -0.463 e. The maximum absolute atomic E-state index is 13.3. The minimum atomic E-state index is -0.120. The molecule has 2 amide bonds. The van der Waals surface area contributed by atoms with Gasteiger partial charge in [0, 0.05) is 48.1 Å². The van der Waals surface area contributed by atoms with E-state index in [0.29, 0.717) is 48.9 Å². The zero-order chi connectivity index (χ0) is 22.8. The Labute approximate surface area is 200 Å². The van der Waals surface area contributed by atoms with Crippen LogP contribution in [0.2, 0.25) is 5.02 Å². The van der Waals surface area contributed by atoms with Gasteiger partial charge in [0.1, 0.15) is 11.5 Å². The molecule has 1 aromatic carbocycles. The first-order valence-corrected chi connectivity index (χ1v) is 12.1. The average molecular weight is 483 g/mol. The highest BCUT2D eigenvalue weighted by atomic mass is 35.5. The van der Waals surface area contributed by atoms with Gasteiger partial charge < -0.3 is 9.32 Å². The van der Waals surface area contributed by atoms with E-state index < -0.39 is 0 Å². The predicted molar refractivity (Wildman–Crippen MR) is 128 cm³/mol. The van der Waals surface area contributed by atoms with Crippen LogP contribution in [0.4, 0.5) is 0 Å². The molecular weight excluding hydrogens is 460 g/mol. The van der Waals surface area contributed by atoms with Crippen molar-refractivity contribution in [2.75, 3.05) is 32.7 Å². The second-order valence-corrected chi connectivity index (χ2v) is 9.49. The molecule has 1 atom stereocenters. The molecule has 170 valence electrons. The van der Waals surface area contributed by atoms with E-state index in [4.69, 9.17) is 16.0 Å². The van der Waals surface area contributed by atoms with Crippen molar-refractivity contribution in [3.05, 3.63) is 81.4 Å². The van der Waals surface area contributed by atoms with E-state index in [1.165, 1.54) is 0 Å². The van der Waals surface area contributed by atoms with Gasteiger partial charge in [-0.2, -0.15) is 5.10 Å². The third kappa shape index (κ3) is 4.73. The van der Waals surface area contributed by atoms with Gasteiger partial charge in [0.15, 0.2) is 0 Å². The highest BCUT2D eigenvalue weighted by molar-refractivity contribution is 7.10. The number of hydrogen-bond acceptors (Lipinski definition) is 6. The molecule has 2 aliphatic rings. The molecule has 2 aliphatic heterocycles. The predicted octanol–water partition coefficient (Wildman–Crippen LogP) is 4.13. The highest BCUT2D eigenvalue weighted by Crippen LogP contribution is 2.35. The molecule has 0 saturated carbocycles. The number of piperazine rings is 1. The fourth-order valence-corrected chi connectivity index (χ4v) is 5.12. The molecule has 0 radical (unpaired) electrons. The van der Waals surface area contributed by atoms with E-state index in [1.807, 2.05) is 34.5 Å². The Morgan fingerprint density at radius 1 is 1.06 bits per heavy atom. The second kappa shape index (κ2) is 9.51. The maximum Gasteiger partial charge on any atom is 0.257 e. The van der Waals surface area contributed by atoms with Crippen LogP contribution in [-0.4, -0.2) is 65.1 Å². The number of halogens is 1. The van der Waals surface area contributed by atoms with Gasteiger partial charge in [-0.05, 0) is 47.8 Å². The lowest BCUT2D eigenvalue weighted by Gasteiger charge is -2.35. The van der Waals surface area contributed by atoms with Crippen molar-refractivity contribution in [1.29, 1.82) is 0 Å². The van der Waals surface area contributed by atoms with Crippen molar-refractivity contribution in [2.45, 2.75) is 12.5 Å². The van der Waals surface area contributed by atoms with Crippen LogP contribution in [0.1, 0.15) is 33.5 Å². The summed E-state index contributed by atoms with van der Waals surface area (Å²) < 4.78 is 5.52. The molecule has 33 heavy (non-hydrogen) atoms. The summed E-state index contributed by atoms with van der Waals surface area (Å²) in [4.78, 5) is 31.0. The summed E-state index contributed by atoms with van der Waals surface area (Å²) in [6, 6.07) is 14.5. The molecule has 1 unspecified atom stereocenters. The zero-order valence-corrected chi connectivity index (χ0v) is 19.5. The summed E-state index contributed by atoms with van der Waals surface area (Å²) in [5, 5.41) is 8.86. The Kier molecular flexibility index (Phi) is 6.30. The number of amides is 2. The van der Waals surface area contributed by atoms with E-state index in [0.717, 1.165) is 10.6 Å². The van der Waals surface area contributed by atoms with Crippen LogP contribution in [0, 0.1) is 0 Å². The van der Waals surface area contributed by atoms with E-state index >= 15 is 0 Å². The largest absolute Gasteiger partial charge is 0.463 e. The summed E-state index contributed by atoms with van der Waals surface area (Å²) >= 11 is 7.55. The fraction of sp³-hybridized carbons (Fsp3) is 0.292. The number of carbonyl (C=O) groups excluding carboxylic acids is 2. The van der Waals surface area contributed by atoms with Crippen molar-refractivity contribution in [1.82, 2.24) is 14.8 Å². The Morgan fingerprint density at radius 2 is 1.85 bits per heavy atom. The number of rotatable bonds is 5. The third-order valence-electron chi connectivity index (χ3n) is 5.95. The van der Waals surface area contributed by atoms with Crippen LogP contribution >= 0.6 is 22.9 Å². The van der Waals surface area contributed by atoms with Crippen molar-refractivity contribution in [3.8, 4) is 0 Å². The first kappa shape index (κ1) is 21.9. The lowest BCUT2D eigenvalue weighted by Crippen LogP contribution is -2.51. The van der Waals surface area contributed by atoms with Gasteiger partial charge in [-0.15, -0.1) is 11.3 Å². The average Bonchev–Trinajstić information content (AvgIpc) is 3.61. The van der Waals surface area contributed by atoms with Crippen LogP contribution in [-0.2, 0) is 4.79 Å². The summed E-state index contributed by atoms with van der Waals surface area (Å²) in [7, 11) is 0. The van der Waals surface area contributed by atoms with E-state index in [-0.39, 0.29) is 24.4 Å². The summed E-state index contributed by atoms with van der Waals surface area (Å²) in [6.45, 7) is 2.68. The summed E-state index contributed by atoms with van der Waals surface area (Å²) in [6.07, 6.45) is 2.25. The topological polar surface area (TPSA) is 69.4 Å². The number of carbonyl (C=O) groups is 2. The van der Waals surface area contributed by atoms with Gasteiger partial charge in [0.2, 0.25) is 0 Å². The molecule has 7 nitrogen and oxygen atoms in total. The normalized spacial score (nSPS) is 19.1. The molecule has 0 bridgehead atoms.